The molecule has 0 spiro atoms. The predicted octanol–water partition coefficient (Wildman–Crippen LogP) is 9.72. The van der Waals surface area contributed by atoms with Crippen molar-refractivity contribution < 1.29 is 0 Å². The summed E-state index contributed by atoms with van der Waals surface area (Å²) in [6.45, 7) is 14.2. The molecular formula is C35H36N2Si. The number of nitrogens with zero attached hydrogens (tertiary/aromatic N) is 2. The van der Waals surface area contributed by atoms with Gasteiger partial charge in [-0.15, -0.1) is 0 Å². The van der Waals surface area contributed by atoms with Crippen molar-refractivity contribution in [2.75, 3.05) is 0 Å². The first-order valence-corrected chi connectivity index (χ1v) is 17.3. The van der Waals surface area contributed by atoms with Crippen LogP contribution in [0.15, 0.2) is 97.2 Å². The monoisotopic (exact) mass is 512 g/mol. The zero-order valence-electron chi connectivity index (χ0n) is 23.3. The molecule has 3 heteroatoms. The van der Waals surface area contributed by atoms with E-state index in [1.165, 1.54) is 61.0 Å². The average Bonchev–Trinajstić information content (AvgIpc) is 3.20. The molecule has 2 heterocycles. The Bertz CT molecular complexity index is 1800. The largest absolute Gasteiger partial charge is 0.307 e. The van der Waals surface area contributed by atoms with Gasteiger partial charge in [-0.3, -0.25) is 4.98 Å². The highest BCUT2D eigenvalue weighted by atomic mass is 28.3. The number of rotatable bonds is 4. The van der Waals surface area contributed by atoms with Crippen molar-refractivity contribution in [3.8, 4) is 16.9 Å². The van der Waals surface area contributed by atoms with Crippen LogP contribution in [0.3, 0.4) is 0 Å². The fourth-order valence-electron chi connectivity index (χ4n) is 5.85. The molecule has 0 N–H and O–H groups in total. The van der Waals surface area contributed by atoms with Gasteiger partial charge in [-0.1, -0.05) is 95.0 Å². The number of para-hydroxylation sites is 1. The molecule has 0 aliphatic heterocycles. The molecule has 2 nitrogen and oxygen atoms in total. The van der Waals surface area contributed by atoms with Gasteiger partial charge in [-0.05, 0) is 69.8 Å². The first kappa shape index (κ1) is 24.6. The lowest BCUT2D eigenvalue weighted by Gasteiger charge is -2.23. The van der Waals surface area contributed by atoms with E-state index in [1.807, 2.05) is 6.20 Å². The van der Waals surface area contributed by atoms with Crippen LogP contribution in [-0.4, -0.2) is 17.6 Å². The Morgan fingerprint density at radius 2 is 1.47 bits per heavy atom. The minimum absolute atomic E-state index is 0.0153. The summed E-state index contributed by atoms with van der Waals surface area (Å²) in [6.07, 6.45) is 1.98. The van der Waals surface area contributed by atoms with Crippen LogP contribution in [0.2, 0.25) is 19.6 Å². The third-order valence-electron chi connectivity index (χ3n) is 7.43. The Morgan fingerprint density at radius 3 is 2.21 bits per heavy atom. The Labute approximate surface area is 227 Å². The quantitative estimate of drug-likeness (QED) is 0.215. The zero-order valence-corrected chi connectivity index (χ0v) is 24.3. The van der Waals surface area contributed by atoms with Crippen LogP contribution in [0, 0.1) is 0 Å². The number of hydrogen-bond donors (Lipinski definition) is 0. The lowest BCUT2D eigenvalue weighted by atomic mass is 9.82. The first-order valence-electron chi connectivity index (χ1n) is 13.6. The lowest BCUT2D eigenvalue weighted by Crippen LogP contribution is -2.23. The zero-order chi connectivity index (χ0) is 26.7. The summed E-state index contributed by atoms with van der Waals surface area (Å²) in [5.74, 6) is 0. The van der Waals surface area contributed by atoms with Gasteiger partial charge in [0.2, 0.25) is 0 Å². The topological polar surface area (TPSA) is 17.8 Å². The molecule has 2 aromatic heterocycles. The van der Waals surface area contributed by atoms with Gasteiger partial charge in [0.05, 0.1) is 16.7 Å². The van der Waals surface area contributed by atoms with Crippen LogP contribution < -0.4 is 0 Å². The van der Waals surface area contributed by atoms with Gasteiger partial charge in [0.1, 0.15) is 0 Å². The third kappa shape index (κ3) is 4.35. The van der Waals surface area contributed by atoms with Crippen LogP contribution in [0.1, 0.15) is 31.9 Å². The van der Waals surface area contributed by atoms with Crippen LogP contribution in [0.25, 0.3) is 49.5 Å². The molecule has 0 amide bonds. The smallest absolute Gasteiger partial charge is 0.0949 e. The number of fused-ring (bicyclic) bond motifs is 4. The van der Waals surface area contributed by atoms with Crippen molar-refractivity contribution in [3.05, 3.63) is 108 Å². The van der Waals surface area contributed by atoms with E-state index in [9.17, 15) is 0 Å². The van der Waals surface area contributed by atoms with Gasteiger partial charge in [-0.2, -0.15) is 0 Å². The molecule has 190 valence electrons. The Morgan fingerprint density at radius 1 is 0.737 bits per heavy atom. The van der Waals surface area contributed by atoms with Crippen molar-refractivity contribution >= 4 is 40.7 Å². The molecule has 0 saturated carbocycles. The molecule has 0 fully saturated rings. The van der Waals surface area contributed by atoms with Crippen LogP contribution >= 0.6 is 0 Å². The van der Waals surface area contributed by atoms with E-state index in [4.69, 9.17) is 4.98 Å². The lowest BCUT2D eigenvalue weighted by molar-refractivity contribution is 0.596. The minimum atomic E-state index is -1.26. The first-order chi connectivity index (χ1) is 18.1. The summed E-state index contributed by atoms with van der Waals surface area (Å²) in [7, 11) is -1.26. The van der Waals surface area contributed by atoms with E-state index in [1.54, 1.807) is 0 Å². The van der Waals surface area contributed by atoms with Gasteiger partial charge in [-0.25, -0.2) is 0 Å². The molecule has 38 heavy (non-hydrogen) atoms. The predicted molar refractivity (Wildman–Crippen MR) is 167 cm³/mol. The number of aromatic nitrogens is 2. The SMILES string of the molecule is CC(C)(C)c1cc(-c2nccc3c4ccc(C[Si](C)(C)C)cc4n(-c4ccccc4)c23)cc2ccccc12. The highest BCUT2D eigenvalue weighted by Gasteiger charge is 2.22. The van der Waals surface area contributed by atoms with Gasteiger partial charge in [0.25, 0.3) is 0 Å². The molecule has 6 aromatic rings. The van der Waals surface area contributed by atoms with E-state index in [-0.39, 0.29) is 5.41 Å². The van der Waals surface area contributed by atoms with Crippen LogP contribution in [0.4, 0.5) is 0 Å². The normalized spacial score (nSPS) is 12.6. The maximum atomic E-state index is 5.06. The molecule has 4 aromatic carbocycles. The Balaban J connectivity index is 1.72. The molecule has 0 atom stereocenters. The summed E-state index contributed by atoms with van der Waals surface area (Å²) in [5, 5.41) is 5.10. The van der Waals surface area contributed by atoms with E-state index < -0.39 is 8.07 Å². The van der Waals surface area contributed by atoms with E-state index in [0.29, 0.717) is 0 Å². The second-order valence-electron chi connectivity index (χ2n) is 12.8. The molecule has 0 aliphatic rings. The van der Waals surface area contributed by atoms with Crippen molar-refractivity contribution in [2.45, 2.75) is 51.9 Å². The van der Waals surface area contributed by atoms with E-state index in [0.717, 1.165) is 5.69 Å². The molecular weight excluding hydrogens is 476 g/mol. The van der Waals surface area contributed by atoms with E-state index >= 15 is 0 Å². The standard InChI is InChI=1S/C35H36N2Si/c1-35(2,3)31-22-26(21-25-12-10-11-15-28(25)31)33-34-30(18-19-36-33)29-17-16-24(23-38(4,5)6)20-32(29)37(34)27-13-8-7-9-14-27/h7-22H,23H2,1-6H3. The number of hydrogen-bond acceptors (Lipinski definition) is 1. The average molecular weight is 513 g/mol. The fourth-order valence-corrected chi connectivity index (χ4v) is 7.30. The fraction of sp³-hybridized carbons (Fsp3) is 0.229. The summed E-state index contributed by atoms with van der Waals surface area (Å²) in [5.41, 5.74) is 8.59. The van der Waals surface area contributed by atoms with Gasteiger partial charge >= 0.3 is 0 Å². The maximum Gasteiger partial charge on any atom is 0.0949 e. The molecule has 6 rings (SSSR count). The summed E-state index contributed by atoms with van der Waals surface area (Å²) in [6, 6.07) is 34.6. The second-order valence-corrected chi connectivity index (χ2v) is 18.3. The molecule has 0 aliphatic carbocycles. The van der Waals surface area contributed by atoms with Crippen molar-refractivity contribution in [2.24, 2.45) is 0 Å². The minimum Gasteiger partial charge on any atom is -0.307 e. The van der Waals surface area contributed by atoms with Gasteiger partial charge in [0, 0.05) is 36.3 Å². The van der Waals surface area contributed by atoms with Gasteiger partial charge < -0.3 is 4.57 Å². The third-order valence-corrected chi connectivity index (χ3v) is 8.90. The number of benzene rings is 4. The van der Waals surface area contributed by atoms with Crippen LogP contribution in [0.5, 0.6) is 0 Å². The Kier molecular flexibility index (Phi) is 5.80. The van der Waals surface area contributed by atoms with Crippen molar-refractivity contribution in [1.82, 2.24) is 9.55 Å². The second kappa shape index (κ2) is 8.95. The van der Waals surface area contributed by atoms with Crippen molar-refractivity contribution in [3.63, 3.8) is 0 Å². The number of pyridine rings is 1. The molecule has 0 radical (unpaired) electrons. The van der Waals surface area contributed by atoms with Gasteiger partial charge in [0.15, 0.2) is 0 Å². The van der Waals surface area contributed by atoms with Crippen molar-refractivity contribution in [1.29, 1.82) is 0 Å². The van der Waals surface area contributed by atoms with E-state index in [2.05, 4.69) is 136 Å². The van der Waals surface area contributed by atoms with Crippen LogP contribution in [-0.2, 0) is 11.5 Å². The Hall–Kier alpha value is -3.69. The molecule has 0 unspecified atom stereocenters. The summed E-state index contributed by atoms with van der Waals surface area (Å²) in [4.78, 5) is 5.06. The maximum absolute atomic E-state index is 5.06. The summed E-state index contributed by atoms with van der Waals surface area (Å²) >= 11 is 0. The highest BCUT2D eigenvalue weighted by molar-refractivity contribution is 6.75. The highest BCUT2D eigenvalue weighted by Crippen LogP contribution is 2.40. The molecule has 0 bridgehead atoms. The summed E-state index contributed by atoms with van der Waals surface area (Å²) < 4.78 is 2.44. The molecule has 0 saturated heterocycles.